The van der Waals surface area contributed by atoms with Crippen LogP contribution in [0.3, 0.4) is 0 Å². The normalized spacial score (nSPS) is 13.7. The van der Waals surface area contributed by atoms with Crippen molar-refractivity contribution in [2.24, 2.45) is 11.3 Å². The van der Waals surface area contributed by atoms with Crippen LogP contribution < -0.4 is 5.32 Å². The summed E-state index contributed by atoms with van der Waals surface area (Å²) in [6.07, 6.45) is 1.13. The van der Waals surface area contributed by atoms with Crippen molar-refractivity contribution in [2.45, 2.75) is 41.0 Å². The molecule has 0 rings (SSSR count). The molecule has 90 valence electrons. The molecule has 0 aromatic carbocycles. The summed E-state index contributed by atoms with van der Waals surface area (Å²) in [6.45, 7) is 12.4. The lowest BCUT2D eigenvalue weighted by molar-refractivity contribution is -0.147. The highest BCUT2D eigenvalue weighted by atomic mass is 16.5. The molecule has 1 unspecified atom stereocenters. The van der Waals surface area contributed by atoms with Crippen molar-refractivity contribution >= 4 is 5.97 Å². The van der Waals surface area contributed by atoms with Gasteiger partial charge in [0.25, 0.3) is 0 Å². The molecular weight excluding hydrogens is 190 g/mol. The van der Waals surface area contributed by atoms with Crippen LogP contribution in [0.4, 0.5) is 0 Å². The maximum Gasteiger partial charge on any atom is 0.309 e. The van der Waals surface area contributed by atoms with Crippen LogP contribution in [0.5, 0.6) is 0 Å². The van der Waals surface area contributed by atoms with Gasteiger partial charge in [0.1, 0.15) is 0 Å². The van der Waals surface area contributed by atoms with Crippen LogP contribution in [0.15, 0.2) is 0 Å². The summed E-state index contributed by atoms with van der Waals surface area (Å²) in [7, 11) is 0. The van der Waals surface area contributed by atoms with Gasteiger partial charge in [-0.3, -0.25) is 4.79 Å². The Labute approximate surface area is 93.6 Å². The van der Waals surface area contributed by atoms with E-state index in [1.54, 1.807) is 0 Å². The van der Waals surface area contributed by atoms with E-state index >= 15 is 0 Å². The van der Waals surface area contributed by atoms with Crippen LogP contribution >= 0.6 is 0 Å². The Morgan fingerprint density at radius 2 is 2.00 bits per heavy atom. The second-order valence-electron chi connectivity index (χ2n) is 4.80. The van der Waals surface area contributed by atoms with E-state index in [0.29, 0.717) is 18.6 Å². The van der Waals surface area contributed by atoms with E-state index in [2.05, 4.69) is 26.1 Å². The van der Waals surface area contributed by atoms with Crippen LogP contribution in [0.1, 0.15) is 41.0 Å². The third-order valence-corrected chi connectivity index (χ3v) is 2.70. The summed E-state index contributed by atoms with van der Waals surface area (Å²) in [5.74, 6) is -0.170. The van der Waals surface area contributed by atoms with Crippen LogP contribution in [0.2, 0.25) is 0 Å². The predicted octanol–water partition coefficient (Wildman–Crippen LogP) is 2.21. The second kappa shape index (κ2) is 6.83. The first kappa shape index (κ1) is 14.4. The first-order valence-electron chi connectivity index (χ1n) is 5.80. The lowest BCUT2D eigenvalue weighted by atomic mass is 9.90. The maximum absolute atomic E-state index is 11.3. The number of ether oxygens (including phenoxy) is 1. The number of carbonyl (C=O) groups excluding carboxylic acids is 1. The molecule has 3 nitrogen and oxygen atoms in total. The zero-order valence-corrected chi connectivity index (χ0v) is 10.7. The molecule has 3 heteroatoms. The summed E-state index contributed by atoms with van der Waals surface area (Å²) in [5, 5.41) is 3.31. The smallest absolute Gasteiger partial charge is 0.309 e. The third-order valence-electron chi connectivity index (χ3n) is 2.70. The second-order valence-corrected chi connectivity index (χ2v) is 4.80. The van der Waals surface area contributed by atoms with Gasteiger partial charge in [-0.1, -0.05) is 27.7 Å². The third kappa shape index (κ3) is 6.50. The van der Waals surface area contributed by atoms with Crippen molar-refractivity contribution in [3.05, 3.63) is 0 Å². The van der Waals surface area contributed by atoms with Gasteiger partial charge in [-0.15, -0.1) is 0 Å². The number of esters is 1. The monoisotopic (exact) mass is 215 g/mol. The van der Waals surface area contributed by atoms with Gasteiger partial charge in [-0.25, -0.2) is 0 Å². The highest BCUT2D eigenvalue weighted by Crippen LogP contribution is 2.17. The fourth-order valence-electron chi connectivity index (χ4n) is 1.12. The van der Waals surface area contributed by atoms with Crippen molar-refractivity contribution in [1.29, 1.82) is 0 Å². The molecule has 0 heterocycles. The molecule has 0 radical (unpaired) electrons. The number of rotatable bonds is 7. The molecule has 0 saturated heterocycles. The van der Waals surface area contributed by atoms with E-state index in [1.807, 2.05) is 13.8 Å². The van der Waals surface area contributed by atoms with E-state index in [9.17, 15) is 4.79 Å². The first-order valence-corrected chi connectivity index (χ1v) is 5.80. The van der Waals surface area contributed by atoms with Crippen molar-refractivity contribution < 1.29 is 9.53 Å². The van der Waals surface area contributed by atoms with Crippen LogP contribution in [0, 0.1) is 11.3 Å². The number of carbonyl (C=O) groups is 1. The predicted molar refractivity (Wildman–Crippen MR) is 62.7 cm³/mol. The fraction of sp³-hybridized carbons (Fsp3) is 0.917. The molecule has 0 spiro atoms. The van der Waals surface area contributed by atoms with Gasteiger partial charge in [0.15, 0.2) is 0 Å². The molecule has 0 aromatic rings. The molecule has 0 bridgehead atoms. The maximum atomic E-state index is 11.3. The molecule has 0 aliphatic heterocycles. The SMILES string of the molecule is CCOC(=O)C(C)CNCC(C)(C)CC. The Morgan fingerprint density at radius 3 is 2.47 bits per heavy atom. The van der Waals surface area contributed by atoms with Gasteiger partial charge in [0, 0.05) is 13.1 Å². The molecule has 0 aromatic heterocycles. The Hall–Kier alpha value is -0.570. The topological polar surface area (TPSA) is 38.3 Å². The van der Waals surface area contributed by atoms with Crippen molar-refractivity contribution in [3.63, 3.8) is 0 Å². The van der Waals surface area contributed by atoms with Crippen LogP contribution in [-0.4, -0.2) is 25.7 Å². The highest BCUT2D eigenvalue weighted by Gasteiger charge is 2.17. The van der Waals surface area contributed by atoms with Gasteiger partial charge in [0.05, 0.1) is 12.5 Å². The first-order chi connectivity index (χ1) is 6.93. The summed E-state index contributed by atoms with van der Waals surface area (Å²) in [5.41, 5.74) is 0.300. The zero-order valence-electron chi connectivity index (χ0n) is 10.7. The molecule has 0 saturated carbocycles. The minimum absolute atomic E-state index is 0.0578. The Balaban J connectivity index is 3.72. The van der Waals surface area contributed by atoms with Gasteiger partial charge >= 0.3 is 5.97 Å². The Kier molecular flexibility index (Phi) is 6.57. The largest absolute Gasteiger partial charge is 0.466 e. The summed E-state index contributed by atoms with van der Waals surface area (Å²) in [6, 6.07) is 0. The van der Waals surface area contributed by atoms with E-state index in [0.717, 1.165) is 13.0 Å². The average molecular weight is 215 g/mol. The van der Waals surface area contributed by atoms with Crippen molar-refractivity contribution in [3.8, 4) is 0 Å². The molecule has 1 atom stereocenters. The molecule has 0 amide bonds. The van der Waals surface area contributed by atoms with Gasteiger partial charge < -0.3 is 10.1 Å². The molecule has 15 heavy (non-hydrogen) atoms. The van der Waals surface area contributed by atoms with Crippen LogP contribution in [-0.2, 0) is 9.53 Å². The average Bonchev–Trinajstić information content (AvgIpc) is 2.18. The summed E-state index contributed by atoms with van der Waals surface area (Å²) < 4.78 is 4.93. The van der Waals surface area contributed by atoms with Gasteiger partial charge in [-0.2, -0.15) is 0 Å². The minimum Gasteiger partial charge on any atom is -0.466 e. The van der Waals surface area contributed by atoms with Crippen molar-refractivity contribution in [2.75, 3.05) is 19.7 Å². The van der Waals surface area contributed by atoms with E-state index < -0.39 is 0 Å². The number of hydrogen-bond donors (Lipinski definition) is 1. The van der Waals surface area contributed by atoms with E-state index in [-0.39, 0.29) is 11.9 Å². The number of nitrogens with one attached hydrogen (secondary N) is 1. The van der Waals surface area contributed by atoms with Crippen LogP contribution in [0.25, 0.3) is 0 Å². The molecule has 0 aliphatic carbocycles. The van der Waals surface area contributed by atoms with Gasteiger partial charge in [-0.05, 0) is 18.8 Å². The van der Waals surface area contributed by atoms with Gasteiger partial charge in [0.2, 0.25) is 0 Å². The standard InChI is InChI=1S/C12H25NO2/c1-6-12(4,5)9-13-8-10(3)11(14)15-7-2/h10,13H,6-9H2,1-5H3. The lowest BCUT2D eigenvalue weighted by Gasteiger charge is -2.23. The van der Waals surface area contributed by atoms with Crippen molar-refractivity contribution in [1.82, 2.24) is 5.32 Å². The summed E-state index contributed by atoms with van der Waals surface area (Å²) >= 11 is 0. The summed E-state index contributed by atoms with van der Waals surface area (Å²) in [4.78, 5) is 11.3. The molecular formula is C12H25NO2. The molecule has 1 N–H and O–H groups in total. The highest BCUT2D eigenvalue weighted by molar-refractivity contribution is 5.72. The number of hydrogen-bond acceptors (Lipinski definition) is 3. The molecule has 0 aliphatic rings. The Morgan fingerprint density at radius 1 is 1.40 bits per heavy atom. The van der Waals surface area contributed by atoms with E-state index in [1.165, 1.54) is 0 Å². The zero-order chi connectivity index (χ0) is 11.9. The molecule has 0 fully saturated rings. The lowest BCUT2D eigenvalue weighted by Crippen LogP contribution is -2.34. The minimum atomic E-state index is -0.112. The van der Waals surface area contributed by atoms with E-state index in [4.69, 9.17) is 4.74 Å². The Bertz CT molecular complexity index is 190. The fourth-order valence-corrected chi connectivity index (χ4v) is 1.12. The quantitative estimate of drug-likeness (QED) is 0.662.